The van der Waals surface area contributed by atoms with E-state index in [2.05, 4.69) is 21.1 Å². The zero-order valence-corrected chi connectivity index (χ0v) is 8.41. The van der Waals surface area contributed by atoms with Gasteiger partial charge in [0.15, 0.2) is 0 Å². The minimum atomic E-state index is 0.733. The summed E-state index contributed by atoms with van der Waals surface area (Å²) in [5.74, 6) is 0. The Kier molecular flexibility index (Phi) is 8.20. The summed E-state index contributed by atoms with van der Waals surface area (Å²) in [6, 6.07) is 0. The van der Waals surface area contributed by atoms with E-state index in [1.165, 1.54) is 19.3 Å². The first-order chi connectivity index (χ1) is 5.27. The number of aldehydes is 1. The summed E-state index contributed by atoms with van der Waals surface area (Å²) in [5.41, 5.74) is 0. The van der Waals surface area contributed by atoms with Crippen molar-refractivity contribution in [3.8, 4) is 0 Å². The van der Waals surface area contributed by atoms with Gasteiger partial charge in [0.2, 0.25) is 0 Å². The van der Waals surface area contributed by atoms with Crippen molar-refractivity contribution < 1.29 is 4.79 Å². The van der Waals surface area contributed by atoms with Gasteiger partial charge in [-0.15, -0.1) is 0 Å². The summed E-state index contributed by atoms with van der Waals surface area (Å²) in [6.45, 7) is 1.13. The van der Waals surface area contributed by atoms with E-state index >= 15 is 0 Å². The van der Waals surface area contributed by atoms with Crippen LogP contribution in [0.1, 0.15) is 32.1 Å². The standard InChI is InChI=1S/C8H18NOP/c1-9(11)7-5-3-2-4-6-8-10/h8H,2-7,11H2,1H3. The Morgan fingerprint density at radius 2 is 1.91 bits per heavy atom. The molecular formula is C8H18NOP. The Morgan fingerprint density at radius 3 is 2.45 bits per heavy atom. The summed E-state index contributed by atoms with van der Waals surface area (Å²) in [6.07, 6.45) is 6.46. The van der Waals surface area contributed by atoms with Gasteiger partial charge < -0.3 is 4.79 Å². The van der Waals surface area contributed by atoms with Crippen LogP contribution in [0.3, 0.4) is 0 Å². The molecule has 1 unspecified atom stereocenters. The number of carbonyl (C=O) groups is 1. The average Bonchev–Trinajstić information content (AvgIpc) is 1.96. The van der Waals surface area contributed by atoms with E-state index in [1.807, 2.05) is 0 Å². The van der Waals surface area contributed by atoms with Crippen LogP contribution in [-0.4, -0.2) is 24.5 Å². The predicted octanol–water partition coefficient (Wildman–Crippen LogP) is 1.86. The Hall–Kier alpha value is 0.0600. The number of nitrogens with zero attached hydrogens (tertiary/aromatic N) is 1. The molecule has 0 amide bonds. The molecule has 0 rings (SSSR count). The monoisotopic (exact) mass is 175 g/mol. The molecule has 0 aliphatic rings. The minimum Gasteiger partial charge on any atom is -0.303 e. The molecule has 0 saturated carbocycles. The lowest BCUT2D eigenvalue weighted by Crippen LogP contribution is -2.04. The first-order valence-electron chi connectivity index (χ1n) is 4.17. The van der Waals surface area contributed by atoms with E-state index in [9.17, 15) is 4.79 Å². The lowest BCUT2D eigenvalue weighted by atomic mass is 10.1. The molecule has 0 aromatic carbocycles. The third-order valence-corrected chi connectivity index (χ3v) is 1.84. The zero-order valence-electron chi connectivity index (χ0n) is 7.25. The van der Waals surface area contributed by atoms with Crippen molar-refractivity contribution in [1.82, 2.24) is 4.67 Å². The SMILES string of the molecule is CN(P)CCCCCCC=O. The Bertz CT molecular complexity index is 96.1. The molecule has 1 atom stereocenters. The molecule has 11 heavy (non-hydrogen) atoms. The summed E-state index contributed by atoms with van der Waals surface area (Å²) in [4.78, 5) is 9.93. The van der Waals surface area contributed by atoms with Crippen molar-refractivity contribution in [3.63, 3.8) is 0 Å². The van der Waals surface area contributed by atoms with Crippen LogP contribution >= 0.6 is 9.39 Å². The first kappa shape index (κ1) is 11.1. The topological polar surface area (TPSA) is 20.3 Å². The smallest absolute Gasteiger partial charge is 0.119 e. The molecule has 0 fully saturated rings. The van der Waals surface area contributed by atoms with Gasteiger partial charge in [-0.3, -0.25) is 4.67 Å². The van der Waals surface area contributed by atoms with Crippen LogP contribution in [0.15, 0.2) is 0 Å². The summed E-state index contributed by atoms with van der Waals surface area (Å²) in [5, 5.41) is 0. The van der Waals surface area contributed by atoms with Gasteiger partial charge in [-0.1, -0.05) is 22.2 Å². The molecule has 3 heteroatoms. The number of carbonyl (C=O) groups excluding carboxylic acids is 1. The molecule has 0 aromatic rings. The molecule has 2 nitrogen and oxygen atoms in total. The third kappa shape index (κ3) is 10.1. The maximum Gasteiger partial charge on any atom is 0.119 e. The molecular weight excluding hydrogens is 157 g/mol. The maximum atomic E-state index is 9.93. The van der Waals surface area contributed by atoms with Crippen LogP contribution in [0.4, 0.5) is 0 Å². The number of unbranched alkanes of at least 4 members (excludes halogenated alkanes) is 4. The summed E-state index contributed by atoms with van der Waals surface area (Å²) >= 11 is 0. The lowest BCUT2D eigenvalue weighted by molar-refractivity contribution is -0.107. The first-order valence-corrected chi connectivity index (χ1v) is 4.68. The average molecular weight is 175 g/mol. The molecule has 0 heterocycles. The van der Waals surface area contributed by atoms with E-state index in [4.69, 9.17) is 0 Å². The number of hydrogen-bond donors (Lipinski definition) is 0. The molecule has 0 aliphatic heterocycles. The van der Waals surface area contributed by atoms with Gasteiger partial charge in [-0.05, 0) is 19.9 Å². The van der Waals surface area contributed by atoms with Crippen LogP contribution in [0, 0.1) is 0 Å². The molecule has 0 spiro atoms. The minimum absolute atomic E-state index is 0.733. The van der Waals surface area contributed by atoms with Gasteiger partial charge in [-0.2, -0.15) is 0 Å². The molecule has 0 bridgehead atoms. The lowest BCUT2D eigenvalue weighted by Gasteiger charge is -2.07. The number of hydrogen-bond acceptors (Lipinski definition) is 2. The molecule has 0 aliphatic carbocycles. The molecule has 0 radical (unpaired) electrons. The summed E-state index contributed by atoms with van der Waals surface area (Å²) in [7, 11) is 4.69. The van der Waals surface area contributed by atoms with Gasteiger partial charge in [0.05, 0.1) is 0 Å². The van der Waals surface area contributed by atoms with Gasteiger partial charge in [-0.25, -0.2) is 0 Å². The van der Waals surface area contributed by atoms with Gasteiger partial charge >= 0.3 is 0 Å². The fraction of sp³-hybridized carbons (Fsp3) is 0.875. The second-order valence-corrected chi connectivity index (χ2v) is 3.73. The highest BCUT2D eigenvalue weighted by Crippen LogP contribution is 2.03. The van der Waals surface area contributed by atoms with Crippen LogP contribution in [0.25, 0.3) is 0 Å². The molecule has 0 saturated heterocycles. The van der Waals surface area contributed by atoms with Crippen LogP contribution < -0.4 is 0 Å². The molecule has 0 aromatic heterocycles. The maximum absolute atomic E-state index is 9.93. The number of rotatable bonds is 7. The molecule has 66 valence electrons. The largest absolute Gasteiger partial charge is 0.303 e. The Balaban J connectivity index is 2.85. The van der Waals surface area contributed by atoms with E-state index in [0.29, 0.717) is 0 Å². The van der Waals surface area contributed by atoms with Crippen LogP contribution in [0.5, 0.6) is 0 Å². The second-order valence-electron chi connectivity index (χ2n) is 2.85. The zero-order chi connectivity index (χ0) is 8.53. The van der Waals surface area contributed by atoms with E-state index in [-0.39, 0.29) is 0 Å². The fourth-order valence-electron chi connectivity index (χ4n) is 0.942. The van der Waals surface area contributed by atoms with Crippen molar-refractivity contribution in [2.24, 2.45) is 0 Å². The molecule has 0 N–H and O–H groups in total. The van der Waals surface area contributed by atoms with Crippen molar-refractivity contribution in [1.29, 1.82) is 0 Å². The van der Waals surface area contributed by atoms with Gasteiger partial charge in [0.25, 0.3) is 0 Å². The van der Waals surface area contributed by atoms with E-state index in [0.717, 1.165) is 25.7 Å². The highest BCUT2D eigenvalue weighted by atomic mass is 31.0. The van der Waals surface area contributed by atoms with Gasteiger partial charge in [0, 0.05) is 13.0 Å². The Morgan fingerprint density at radius 1 is 1.27 bits per heavy atom. The normalized spacial score (nSPS) is 10.5. The van der Waals surface area contributed by atoms with Crippen LogP contribution in [0.2, 0.25) is 0 Å². The van der Waals surface area contributed by atoms with Crippen LogP contribution in [-0.2, 0) is 4.79 Å². The fourth-order valence-corrected chi connectivity index (χ4v) is 1.13. The van der Waals surface area contributed by atoms with E-state index in [1.54, 1.807) is 0 Å². The second kappa shape index (κ2) is 8.16. The van der Waals surface area contributed by atoms with Crippen molar-refractivity contribution in [2.75, 3.05) is 13.6 Å². The van der Waals surface area contributed by atoms with Gasteiger partial charge in [0.1, 0.15) is 6.29 Å². The van der Waals surface area contributed by atoms with E-state index < -0.39 is 0 Å². The van der Waals surface area contributed by atoms with Crippen molar-refractivity contribution in [3.05, 3.63) is 0 Å². The highest BCUT2D eigenvalue weighted by Gasteiger charge is 1.91. The predicted molar refractivity (Wildman–Crippen MR) is 51.5 cm³/mol. The summed E-state index contributed by atoms with van der Waals surface area (Å²) < 4.78 is 2.11. The third-order valence-electron chi connectivity index (χ3n) is 1.58. The van der Waals surface area contributed by atoms with Crippen molar-refractivity contribution in [2.45, 2.75) is 32.1 Å². The quantitative estimate of drug-likeness (QED) is 0.334. The highest BCUT2D eigenvalue weighted by molar-refractivity contribution is 7.13. The van der Waals surface area contributed by atoms with Crippen molar-refractivity contribution >= 4 is 15.7 Å². The Labute approximate surface area is 71.6 Å².